The molecule has 17 heavy (non-hydrogen) atoms. The fourth-order valence-electron chi connectivity index (χ4n) is 2.00. The third-order valence-electron chi connectivity index (χ3n) is 3.35. The van der Waals surface area contributed by atoms with Crippen LogP contribution in [0.1, 0.15) is 32.6 Å². The van der Waals surface area contributed by atoms with E-state index in [0.29, 0.717) is 19.1 Å². The van der Waals surface area contributed by atoms with Crippen molar-refractivity contribution in [2.24, 2.45) is 0 Å². The van der Waals surface area contributed by atoms with Crippen molar-refractivity contribution in [3.63, 3.8) is 0 Å². The van der Waals surface area contributed by atoms with E-state index in [1.165, 1.54) is 12.8 Å². The van der Waals surface area contributed by atoms with Crippen LogP contribution in [0.2, 0.25) is 0 Å². The summed E-state index contributed by atoms with van der Waals surface area (Å²) in [5.74, 6) is 0.152. The van der Waals surface area contributed by atoms with Crippen molar-refractivity contribution in [2.75, 3.05) is 25.4 Å². The van der Waals surface area contributed by atoms with E-state index in [0.717, 1.165) is 19.4 Å². The minimum absolute atomic E-state index is 0.152. The zero-order chi connectivity index (χ0) is 12.4. The molecule has 1 aliphatic heterocycles. The van der Waals surface area contributed by atoms with Gasteiger partial charge in [-0.15, -0.1) is 0 Å². The van der Waals surface area contributed by atoms with Crippen LogP contribution in [0.3, 0.4) is 0 Å². The van der Waals surface area contributed by atoms with Gasteiger partial charge in [0.05, 0.1) is 11.4 Å². The molecule has 1 saturated carbocycles. The Morgan fingerprint density at radius 3 is 2.76 bits per heavy atom. The van der Waals surface area contributed by atoms with Gasteiger partial charge < -0.3 is 10.1 Å². The van der Waals surface area contributed by atoms with E-state index in [9.17, 15) is 8.42 Å². The van der Waals surface area contributed by atoms with Gasteiger partial charge in [0.2, 0.25) is 10.0 Å². The number of rotatable bonds is 7. The molecule has 1 aliphatic carbocycles. The smallest absolute Gasteiger partial charge is 0.212 e. The van der Waals surface area contributed by atoms with E-state index >= 15 is 0 Å². The Morgan fingerprint density at radius 1 is 1.41 bits per heavy atom. The molecule has 0 bridgehead atoms. The fourth-order valence-corrected chi connectivity index (χ4v) is 3.05. The van der Waals surface area contributed by atoms with Crippen molar-refractivity contribution in [2.45, 2.75) is 44.2 Å². The highest BCUT2D eigenvalue weighted by Gasteiger charge is 2.31. The Morgan fingerprint density at radius 2 is 2.18 bits per heavy atom. The van der Waals surface area contributed by atoms with Gasteiger partial charge in [-0.3, -0.25) is 0 Å². The van der Waals surface area contributed by atoms with Crippen molar-refractivity contribution in [3.8, 4) is 0 Å². The van der Waals surface area contributed by atoms with Crippen LogP contribution in [0, 0.1) is 0 Å². The van der Waals surface area contributed by atoms with Crippen LogP contribution < -0.4 is 10.0 Å². The second kappa shape index (κ2) is 5.22. The summed E-state index contributed by atoms with van der Waals surface area (Å²) in [5, 5.41) is 3.20. The summed E-state index contributed by atoms with van der Waals surface area (Å²) in [6.45, 7) is 3.63. The lowest BCUT2D eigenvalue weighted by atomic mass is 10.0. The average molecular weight is 262 g/mol. The van der Waals surface area contributed by atoms with E-state index in [1.54, 1.807) is 0 Å². The summed E-state index contributed by atoms with van der Waals surface area (Å²) in [5.41, 5.74) is -0.309. The van der Waals surface area contributed by atoms with E-state index in [-0.39, 0.29) is 11.4 Å². The summed E-state index contributed by atoms with van der Waals surface area (Å²) in [6.07, 6.45) is 4.30. The van der Waals surface area contributed by atoms with Crippen molar-refractivity contribution in [3.05, 3.63) is 0 Å². The molecular formula is C11H22N2O3S. The summed E-state index contributed by atoms with van der Waals surface area (Å²) in [4.78, 5) is 0. The molecule has 0 radical (unpaired) electrons. The van der Waals surface area contributed by atoms with E-state index in [2.05, 4.69) is 10.0 Å². The van der Waals surface area contributed by atoms with Crippen LogP contribution in [-0.2, 0) is 14.8 Å². The summed E-state index contributed by atoms with van der Waals surface area (Å²) in [7, 11) is -3.17. The number of hydrogen-bond acceptors (Lipinski definition) is 4. The molecule has 1 unspecified atom stereocenters. The summed E-state index contributed by atoms with van der Waals surface area (Å²) in [6, 6.07) is 0.556. The lowest BCUT2D eigenvalue weighted by Gasteiger charge is -2.23. The molecule has 5 nitrogen and oxygen atoms in total. The minimum atomic E-state index is -3.17. The first-order valence-electron chi connectivity index (χ1n) is 6.34. The minimum Gasteiger partial charge on any atom is -0.374 e. The third kappa shape index (κ3) is 4.54. The molecule has 6 heteroatoms. The summed E-state index contributed by atoms with van der Waals surface area (Å²) >= 11 is 0. The van der Waals surface area contributed by atoms with Gasteiger partial charge in [0.25, 0.3) is 0 Å². The van der Waals surface area contributed by atoms with Gasteiger partial charge >= 0.3 is 0 Å². The van der Waals surface area contributed by atoms with Crippen molar-refractivity contribution < 1.29 is 13.2 Å². The fraction of sp³-hybridized carbons (Fsp3) is 1.00. The van der Waals surface area contributed by atoms with E-state index < -0.39 is 10.0 Å². The first-order chi connectivity index (χ1) is 7.99. The third-order valence-corrected chi connectivity index (χ3v) is 4.67. The molecule has 2 fully saturated rings. The molecule has 0 aromatic heterocycles. The molecular weight excluding hydrogens is 240 g/mol. The molecule has 1 atom stereocenters. The number of nitrogens with one attached hydrogen (secondary N) is 2. The van der Waals surface area contributed by atoms with Crippen LogP contribution in [0.4, 0.5) is 0 Å². The Bertz CT molecular complexity index is 346. The monoisotopic (exact) mass is 262 g/mol. The quantitative estimate of drug-likeness (QED) is 0.689. The molecule has 100 valence electrons. The first-order valence-corrected chi connectivity index (χ1v) is 7.99. The maximum Gasteiger partial charge on any atom is 0.212 e. The molecule has 2 N–H and O–H groups in total. The SMILES string of the molecule is CC1(CNS(=O)(=O)CCNC2CC2)CCCO1. The van der Waals surface area contributed by atoms with Crippen LogP contribution in [0.25, 0.3) is 0 Å². The van der Waals surface area contributed by atoms with Gasteiger partial charge in [-0.1, -0.05) is 0 Å². The van der Waals surface area contributed by atoms with Gasteiger partial charge in [-0.25, -0.2) is 13.1 Å². The average Bonchev–Trinajstić information content (AvgIpc) is 2.98. The number of sulfonamides is 1. The van der Waals surface area contributed by atoms with Gasteiger partial charge in [0.1, 0.15) is 0 Å². The predicted molar refractivity (Wildman–Crippen MR) is 66.4 cm³/mol. The van der Waals surface area contributed by atoms with Crippen LogP contribution in [0.15, 0.2) is 0 Å². The molecule has 2 aliphatic rings. The van der Waals surface area contributed by atoms with E-state index in [4.69, 9.17) is 4.74 Å². The van der Waals surface area contributed by atoms with Crippen LogP contribution in [0.5, 0.6) is 0 Å². The largest absolute Gasteiger partial charge is 0.374 e. The maximum atomic E-state index is 11.7. The van der Waals surface area contributed by atoms with Gasteiger partial charge in [-0.2, -0.15) is 0 Å². The van der Waals surface area contributed by atoms with Gasteiger partial charge in [0, 0.05) is 25.7 Å². The standard InChI is InChI=1S/C11H22N2O3S/c1-11(5-2-7-16-11)9-13-17(14,15)8-6-12-10-3-4-10/h10,12-13H,2-9H2,1H3. The highest BCUT2D eigenvalue weighted by Crippen LogP contribution is 2.24. The van der Waals surface area contributed by atoms with E-state index in [1.807, 2.05) is 6.92 Å². The van der Waals surface area contributed by atoms with Crippen molar-refractivity contribution >= 4 is 10.0 Å². The van der Waals surface area contributed by atoms with Gasteiger partial charge in [0.15, 0.2) is 0 Å². The first kappa shape index (κ1) is 13.3. The zero-order valence-corrected chi connectivity index (χ0v) is 11.2. The molecule has 0 amide bonds. The van der Waals surface area contributed by atoms with Crippen LogP contribution in [-0.4, -0.2) is 45.5 Å². The predicted octanol–water partition coefficient (Wildman–Crippen LogP) is 0.227. The lowest BCUT2D eigenvalue weighted by Crippen LogP contribution is -2.42. The summed E-state index contributed by atoms with van der Waals surface area (Å²) < 4.78 is 31.6. The maximum absolute atomic E-state index is 11.7. The second-order valence-corrected chi connectivity index (χ2v) is 7.20. The Balaban J connectivity index is 1.68. The Kier molecular flexibility index (Phi) is 4.07. The lowest BCUT2D eigenvalue weighted by molar-refractivity contribution is 0.0250. The molecule has 2 rings (SSSR count). The van der Waals surface area contributed by atoms with Crippen LogP contribution >= 0.6 is 0 Å². The topological polar surface area (TPSA) is 67.4 Å². The second-order valence-electron chi connectivity index (χ2n) is 5.27. The highest BCUT2D eigenvalue weighted by molar-refractivity contribution is 7.89. The molecule has 1 heterocycles. The Labute approximate surface area is 103 Å². The molecule has 0 spiro atoms. The normalized spacial score (nSPS) is 29.7. The zero-order valence-electron chi connectivity index (χ0n) is 10.4. The molecule has 0 aromatic rings. The number of ether oxygens (including phenoxy) is 1. The number of hydrogen-bond donors (Lipinski definition) is 2. The van der Waals surface area contributed by atoms with Crippen molar-refractivity contribution in [1.82, 2.24) is 10.0 Å². The Hall–Kier alpha value is -0.170. The van der Waals surface area contributed by atoms with Gasteiger partial charge in [-0.05, 0) is 32.6 Å². The highest BCUT2D eigenvalue weighted by atomic mass is 32.2. The molecule has 1 saturated heterocycles. The molecule has 0 aromatic carbocycles. The van der Waals surface area contributed by atoms with Crippen molar-refractivity contribution in [1.29, 1.82) is 0 Å².